The van der Waals surface area contributed by atoms with E-state index in [1.807, 2.05) is 0 Å². The first-order chi connectivity index (χ1) is 10.7. The summed E-state index contributed by atoms with van der Waals surface area (Å²) in [5, 5.41) is 11.5. The molecule has 0 aliphatic rings. The molecule has 11 nitrogen and oxygen atoms in total. The zero-order chi connectivity index (χ0) is 17.8. The van der Waals surface area contributed by atoms with E-state index in [1.165, 1.54) is 0 Å². The highest BCUT2D eigenvalue weighted by molar-refractivity contribution is 5.86. The third-order valence-electron chi connectivity index (χ3n) is 2.86. The molecule has 0 heterocycles. The zero-order valence-corrected chi connectivity index (χ0v) is 12.9. The van der Waals surface area contributed by atoms with Crippen LogP contribution in [-0.4, -0.2) is 54.1 Å². The van der Waals surface area contributed by atoms with Crippen molar-refractivity contribution in [1.82, 2.24) is 5.32 Å². The maximum atomic E-state index is 11.9. The lowest BCUT2D eigenvalue weighted by atomic mass is 10.1. The molecular formula is C12H26N8O3. The highest BCUT2D eigenvalue weighted by Gasteiger charge is 2.22. The number of carbonyl (C=O) groups excluding carboxylic acids is 1. The average Bonchev–Trinajstić information content (AvgIpc) is 2.45. The number of guanidine groups is 2. The number of aliphatic carboxylic acids is 1. The molecule has 23 heavy (non-hydrogen) atoms. The Kier molecular flexibility index (Phi) is 9.83. The van der Waals surface area contributed by atoms with E-state index >= 15 is 0 Å². The summed E-state index contributed by atoms with van der Waals surface area (Å²) in [7, 11) is 0. The fourth-order valence-corrected chi connectivity index (χ4v) is 1.69. The monoisotopic (exact) mass is 330 g/mol. The van der Waals surface area contributed by atoms with E-state index in [2.05, 4.69) is 15.3 Å². The molecule has 11 heteroatoms. The first-order valence-corrected chi connectivity index (χ1v) is 7.13. The number of nitrogens with one attached hydrogen (secondary N) is 1. The molecule has 12 N–H and O–H groups in total. The van der Waals surface area contributed by atoms with Gasteiger partial charge in [0.2, 0.25) is 5.91 Å². The molecule has 0 saturated heterocycles. The Hall–Kier alpha value is -2.56. The molecule has 0 fully saturated rings. The van der Waals surface area contributed by atoms with Crippen LogP contribution in [0.1, 0.15) is 25.7 Å². The fraction of sp³-hybridized carbons (Fsp3) is 0.667. The minimum absolute atomic E-state index is 0.0326. The van der Waals surface area contributed by atoms with Gasteiger partial charge in [-0.25, -0.2) is 4.79 Å². The number of hydrogen-bond acceptors (Lipinski definition) is 5. The number of nitrogens with two attached hydrogens (primary N) is 5. The van der Waals surface area contributed by atoms with E-state index in [4.69, 9.17) is 33.8 Å². The van der Waals surface area contributed by atoms with Crippen molar-refractivity contribution >= 4 is 23.8 Å². The van der Waals surface area contributed by atoms with Crippen LogP contribution in [0.5, 0.6) is 0 Å². The molecule has 0 aliphatic carbocycles. The Morgan fingerprint density at radius 1 is 0.957 bits per heavy atom. The maximum Gasteiger partial charge on any atom is 0.326 e. The van der Waals surface area contributed by atoms with Gasteiger partial charge in [0.15, 0.2) is 11.9 Å². The summed E-state index contributed by atoms with van der Waals surface area (Å²) in [4.78, 5) is 30.5. The van der Waals surface area contributed by atoms with Gasteiger partial charge in [0.25, 0.3) is 0 Å². The second-order valence-electron chi connectivity index (χ2n) is 4.90. The van der Waals surface area contributed by atoms with Gasteiger partial charge in [0.1, 0.15) is 6.04 Å². The normalized spacial score (nSPS) is 12.7. The Labute approximate surface area is 134 Å². The molecule has 0 aromatic rings. The highest BCUT2D eigenvalue weighted by Crippen LogP contribution is 2.01. The summed E-state index contributed by atoms with van der Waals surface area (Å²) in [6.45, 7) is 0.636. The second kappa shape index (κ2) is 11.1. The third kappa shape index (κ3) is 10.8. The van der Waals surface area contributed by atoms with Crippen molar-refractivity contribution in [3.05, 3.63) is 0 Å². The summed E-state index contributed by atoms with van der Waals surface area (Å²) in [6.07, 6.45) is 1.45. The van der Waals surface area contributed by atoms with Gasteiger partial charge in [-0.2, -0.15) is 0 Å². The molecule has 0 radical (unpaired) electrons. The Morgan fingerprint density at radius 2 is 1.43 bits per heavy atom. The number of hydrogen-bond donors (Lipinski definition) is 7. The van der Waals surface area contributed by atoms with Crippen LogP contribution in [0, 0.1) is 0 Å². The molecule has 0 aromatic carbocycles. The summed E-state index contributed by atoms with van der Waals surface area (Å²) in [5.74, 6) is -1.78. The average molecular weight is 330 g/mol. The Morgan fingerprint density at radius 3 is 1.87 bits per heavy atom. The molecule has 0 aliphatic heterocycles. The van der Waals surface area contributed by atoms with Crippen molar-refractivity contribution in [2.75, 3.05) is 13.1 Å². The molecule has 0 rings (SSSR count). The summed E-state index contributed by atoms with van der Waals surface area (Å²) < 4.78 is 0. The topological polar surface area (TPSA) is 221 Å². The van der Waals surface area contributed by atoms with Crippen LogP contribution < -0.4 is 34.0 Å². The molecule has 1 amide bonds. The summed E-state index contributed by atoms with van der Waals surface area (Å²) in [6, 6.07) is -1.87. The quantitative estimate of drug-likeness (QED) is 0.117. The lowest BCUT2D eigenvalue weighted by Gasteiger charge is -2.17. The van der Waals surface area contributed by atoms with Crippen molar-refractivity contribution in [3.8, 4) is 0 Å². The summed E-state index contributed by atoms with van der Waals surface area (Å²) in [5.41, 5.74) is 26.4. The van der Waals surface area contributed by atoms with Gasteiger partial charge in [-0.1, -0.05) is 0 Å². The molecule has 2 atom stereocenters. The minimum Gasteiger partial charge on any atom is -0.480 e. The van der Waals surface area contributed by atoms with Crippen LogP contribution in [0.15, 0.2) is 9.98 Å². The zero-order valence-electron chi connectivity index (χ0n) is 12.9. The van der Waals surface area contributed by atoms with E-state index in [-0.39, 0.29) is 24.9 Å². The van der Waals surface area contributed by atoms with Gasteiger partial charge in [-0.15, -0.1) is 0 Å². The van der Waals surface area contributed by atoms with Crippen LogP contribution in [0.4, 0.5) is 0 Å². The number of rotatable bonds is 11. The maximum absolute atomic E-state index is 11.9. The molecule has 132 valence electrons. The number of carboxylic acid groups (broad SMARTS) is 1. The number of amides is 1. The van der Waals surface area contributed by atoms with Gasteiger partial charge in [0.05, 0.1) is 6.04 Å². The van der Waals surface area contributed by atoms with Crippen molar-refractivity contribution in [2.24, 2.45) is 38.7 Å². The largest absolute Gasteiger partial charge is 0.480 e. The van der Waals surface area contributed by atoms with Crippen molar-refractivity contribution in [2.45, 2.75) is 37.8 Å². The molecular weight excluding hydrogens is 304 g/mol. The predicted molar refractivity (Wildman–Crippen MR) is 87.4 cm³/mol. The van der Waals surface area contributed by atoms with E-state index in [1.54, 1.807) is 0 Å². The van der Waals surface area contributed by atoms with Crippen molar-refractivity contribution in [1.29, 1.82) is 0 Å². The van der Waals surface area contributed by atoms with Crippen LogP contribution in [-0.2, 0) is 9.59 Å². The van der Waals surface area contributed by atoms with Gasteiger partial charge >= 0.3 is 5.97 Å². The molecule has 0 spiro atoms. The van der Waals surface area contributed by atoms with Gasteiger partial charge < -0.3 is 39.1 Å². The van der Waals surface area contributed by atoms with E-state index in [9.17, 15) is 9.59 Å². The number of aliphatic imine (C=N–C) groups is 2. The Bertz CT molecular complexity index is 444. The predicted octanol–water partition coefficient (Wildman–Crippen LogP) is -3.01. The first-order valence-electron chi connectivity index (χ1n) is 7.13. The van der Waals surface area contributed by atoms with Gasteiger partial charge in [0, 0.05) is 13.1 Å². The molecule has 0 aromatic heterocycles. The minimum atomic E-state index is -1.14. The lowest BCUT2D eigenvalue weighted by Crippen LogP contribution is -2.48. The highest BCUT2D eigenvalue weighted by atomic mass is 16.4. The molecule has 0 bridgehead atoms. The van der Waals surface area contributed by atoms with Crippen molar-refractivity contribution < 1.29 is 14.7 Å². The standard InChI is InChI=1S/C12H26N8O3/c13-7(3-1-5-18-11(14)15)9(21)20-8(10(22)23)4-2-6-19-12(16)17/h7-8H,1-6,13H2,(H,20,21)(H,22,23)(H4,14,15,18)(H4,16,17,19). The number of nitrogens with zero attached hydrogens (tertiary/aromatic N) is 2. The van der Waals surface area contributed by atoms with E-state index in [0.717, 1.165) is 0 Å². The van der Waals surface area contributed by atoms with Gasteiger partial charge in [-0.05, 0) is 25.7 Å². The van der Waals surface area contributed by atoms with Crippen LogP contribution in [0.3, 0.4) is 0 Å². The van der Waals surface area contributed by atoms with E-state index in [0.29, 0.717) is 25.8 Å². The second-order valence-corrected chi connectivity index (χ2v) is 4.90. The molecule has 2 unspecified atom stereocenters. The van der Waals surface area contributed by atoms with Crippen LogP contribution >= 0.6 is 0 Å². The Balaban J connectivity index is 4.24. The van der Waals surface area contributed by atoms with Crippen molar-refractivity contribution in [3.63, 3.8) is 0 Å². The fourth-order valence-electron chi connectivity index (χ4n) is 1.69. The smallest absolute Gasteiger partial charge is 0.326 e. The molecule has 0 saturated carbocycles. The van der Waals surface area contributed by atoms with Crippen LogP contribution in [0.2, 0.25) is 0 Å². The van der Waals surface area contributed by atoms with E-state index < -0.39 is 24.0 Å². The SMILES string of the molecule is NC(N)=NCCCC(N)C(=O)NC(CCCN=C(N)N)C(=O)O. The number of carbonyl (C=O) groups is 2. The first kappa shape index (κ1) is 20.4. The lowest BCUT2D eigenvalue weighted by molar-refractivity contribution is -0.142. The summed E-state index contributed by atoms with van der Waals surface area (Å²) >= 11 is 0. The number of carboxylic acids is 1. The van der Waals surface area contributed by atoms with Crippen LogP contribution in [0.25, 0.3) is 0 Å². The third-order valence-corrected chi connectivity index (χ3v) is 2.86. The van der Waals surface area contributed by atoms with Gasteiger partial charge in [-0.3, -0.25) is 14.8 Å².